The molecule has 1 saturated heterocycles. The van der Waals surface area contributed by atoms with Gasteiger partial charge in [0.2, 0.25) is 15.9 Å². The average Bonchev–Trinajstić information content (AvgIpc) is 2.59. The minimum Gasteiger partial charge on any atom is -0.351 e. The Balaban J connectivity index is 2.02. The summed E-state index contributed by atoms with van der Waals surface area (Å²) in [7, 11) is -4.12. The lowest BCUT2D eigenvalue weighted by Gasteiger charge is -2.33. The smallest absolute Gasteiger partial charge is 0.351 e. The van der Waals surface area contributed by atoms with E-state index in [0.717, 1.165) is 16.4 Å². The third kappa shape index (κ3) is 5.56. The molecule has 0 atom stereocenters. The van der Waals surface area contributed by atoms with Crippen LogP contribution in [0.3, 0.4) is 0 Å². The fourth-order valence-electron chi connectivity index (χ4n) is 2.68. The summed E-state index contributed by atoms with van der Waals surface area (Å²) in [6, 6.07) is 1.51. The van der Waals surface area contributed by atoms with Gasteiger partial charge in [0.05, 0.1) is 15.5 Å². The van der Waals surface area contributed by atoms with Gasteiger partial charge in [0.1, 0.15) is 0 Å². The highest BCUT2D eigenvalue weighted by Crippen LogP contribution is 2.36. The van der Waals surface area contributed by atoms with E-state index in [4.69, 9.17) is 17.3 Å². The van der Waals surface area contributed by atoms with E-state index in [1.165, 1.54) is 0 Å². The lowest BCUT2D eigenvalue weighted by Crippen LogP contribution is -2.49. The van der Waals surface area contributed by atoms with Gasteiger partial charge in [-0.05, 0) is 18.2 Å². The van der Waals surface area contributed by atoms with Crippen LogP contribution in [-0.4, -0.2) is 62.3 Å². The Morgan fingerprint density at radius 1 is 1.18 bits per heavy atom. The second kappa shape index (κ2) is 8.64. The number of nitrogens with zero attached hydrogens (tertiary/aromatic N) is 2. The van der Waals surface area contributed by atoms with Gasteiger partial charge in [0.25, 0.3) is 0 Å². The number of imide groups is 1. The summed E-state index contributed by atoms with van der Waals surface area (Å²) in [4.78, 5) is 23.3. The Morgan fingerprint density at radius 3 is 2.32 bits per heavy atom. The van der Waals surface area contributed by atoms with E-state index < -0.39 is 43.6 Å². The van der Waals surface area contributed by atoms with Gasteiger partial charge < -0.3 is 10.6 Å². The van der Waals surface area contributed by atoms with Gasteiger partial charge in [-0.15, -0.1) is 0 Å². The van der Waals surface area contributed by atoms with E-state index in [1.54, 1.807) is 4.90 Å². The van der Waals surface area contributed by atoms with E-state index in [0.29, 0.717) is 6.07 Å². The van der Waals surface area contributed by atoms with Crippen LogP contribution in [0.2, 0.25) is 5.02 Å². The monoisotopic (exact) mass is 442 g/mol. The number of hydrogen-bond acceptors (Lipinski definition) is 5. The Bertz CT molecular complexity index is 855. The van der Waals surface area contributed by atoms with E-state index in [1.807, 2.05) is 5.32 Å². The molecule has 0 aliphatic carbocycles. The van der Waals surface area contributed by atoms with Crippen molar-refractivity contribution in [3.05, 3.63) is 28.8 Å². The molecular formula is C15H18ClF3N4O4S. The molecule has 1 aliphatic heterocycles. The lowest BCUT2D eigenvalue weighted by atomic mass is 10.2. The maximum Gasteiger partial charge on any atom is 0.417 e. The van der Waals surface area contributed by atoms with Gasteiger partial charge in [-0.3, -0.25) is 10.1 Å². The summed E-state index contributed by atoms with van der Waals surface area (Å²) in [5.41, 5.74) is 3.62. The number of carbonyl (C=O) groups excluding carboxylic acids is 2. The molecule has 1 heterocycles. The van der Waals surface area contributed by atoms with E-state index in [9.17, 15) is 31.2 Å². The SMILES string of the molecule is NC(=O)NC(=O)CCN1CCN(S(=O)(=O)c2ccc(Cl)c(C(F)(F)F)c2)CC1. The van der Waals surface area contributed by atoms with Crippen LogP contribution in [0, 0.1) is 0 Å². The van der Waals surface area contributed by atoms with Crippen LogP contribution in [0.25, 0.3) is 0 Å². The molecule has 3 N–H and O–H groups in total. The molecule has 0 aromatic heterocycles. The van der Waals surface area contributed by atoms with Gasteiger partial charge in [-0.25, -0.2) is 13.2 Å². The molecule has 0 unspecified atom stereocenters. The van der Waals surface area contributed by atoms with Crippen LogP contribution in [0.15, 0.2) is 23.1 Å². The maximum atomic E-state index is 13.0. The number of nitrogens with two attached hydrogens (primary N) is 1. The number of primary amides is 1. The van der Waals surface area contributed by atoms with Crippen LogP contribution in [0.5, 0.6) is 0 Å². The minimum absolute atomic E-state index is 0.00180. The van der Waals surface area contributed by atoms with Crippen molar-refractivity contribution in [2.24, 2.45) is 5.73 Å². The quantitative estimate of drug-likeness (QED) is 0.712. The van der Waals surface area contributed by atoms with Crippen LogP contribution in [0.4, 0.5) is 18.0 Å². The average molecular weight is 443 g/mol. The molecule has 0 saturated carbocycles. The second-order valence-electron chi connectivity index (χ2n) is 6.05. The zero-order valence-electron chi connectivity index (χ0n) is 14.5. The third-order valence-electron chi connectivity index (χ3n) is 4.13. The Hall–Kier alpha value is -1.89. The molecule has 1 aromatic rings. The van der Waals surface area contributed by atoms with Crippen LogP contribution in [0.1, 0.15) is 12.0 Å². The molecule has 13 heteroatoms. The molecule has 156 valence electrons. The molecule has 2 rings (SSSR count). The van der Waals surface area contributed by atoms with Gasteiger partial charge in [0, 0.05) is 39.1 Å². The number of nitrogens with one attached hydrogen (secondary N) is 1. The fourth-order valence-corrected chi connectivity index (χ4v) is 4.36. The van der Waals surface area contributed by atoms with Gasteiger partial charge in [0.15, 0.2) is 0 Å². The highest BCUT2D eigenvalue weighted by Gasteiger charge is 2.36. The molecule has 1 fully saturated rings. The van der Waals surface area contributed by atoms with Crippen LogP contribution >= 0.6 is 11.6 Å². The predicted octanol–water partition coefficient (Wildman–Crippen LogP) is 1.25. The van der Waals surface area contributed by atoms with Gasteiger partial charge >= 0.3 is 12.2 Å². The first-order chi connectivity index (χ1) is 12.9. The Kier molecular flexibility index (Phi) is 6.91. The zero-order valence-corrected chi connectivity index (χ0v) is 16.1. The maximum absolute atomic E-state index is 13.0. The normalized spacial score (nSPS) is 16.7. The van der Waals surface area contributed by atoms with Crippen molar-refractivity contribution in [1.29, 1.82) is 0 Å². The van der Waals surface area contributed by atoms with Crippen molar-refractivity contribution in [1.82, 2.24) is 14.5 Å². The number of sulfonamides is 1. The zero-order chi connectivity index (χ0) is 21.1. The number of hydrogen-bond donors (Lipinski definition) is 2. The third-order valence-corrected chi connectivity index (χ3v) is 6.35. The van der Waals surface area contributed by atoms with E-state index in [-0.39, 0.29) is 39.1 Å². The van der Waals surface area contributed by atoms with E-state index >= 15 is 0 Å². The van der Waals surface area contributed by atoms with Crippen molar-refractivity contribution in [3.8, 4) is 0 Å². The molecule has 1 aromatic carbocycles. The molecule has 28 heavy (non-hydrogen) atoms. The van der Waals surface area contributed by atoms with Crippen LogP contribution < -0.4 is 11.1 Å². The molecule has 1 aliphatic rings. The van der Waals surface area contributed by atoms with E-state index in [2.05, 4.69) is 0 Å². The molecule has 3 amide bonds. The predicted molar refractivity (Wildman–Crippen MR) is 94.0 cm³/mol. The standard InChI is InChI=1S/C15H18ClF3N4O4S/c16-12-2-1-10(9-11(12)15(17,18)19)28(26,27)23-7-5-22(6-8-23)4-3-13(24)21-14(20)25/h1-2,9H,3-8H2,(H3,20,21,24,25). The number of halogens is 4. The van der Waals surface area contributed by atoms with Crippen LogP contribution in [-0.2, 0) is 21.0 Å². The van der Waals surface area contributed by atoms with Crippen molar-refractivity contribution < 1.29 is 31.2 Å². The first-order valence-corrected chi connectivity index (χ1v) is 9.91. The van der Waals surface area contributed by atoms with Crippen molar-refractivity contribution in [2.75, 3.05) is 32.7 Å². The second-order valence-corrected chi connectivity index (χ2v) is 8.39. The number of carbonyl (C=O) groups is 2. The molecule has 0 bridgehead atoms. The molecular weight excluding hydrogens is 425 g/mol. The van der Waals surface area contributed by atoms with Gasteiger partial charge in [-0.2, -0.15) is 17.5 Å². The lowest BCUT2D eigenvalue weighted by molar-refractivity contribution is -0.137. The largest absolute Gasteiger partial charge is 0.417 e. The number of amides is 3. The van der Waals surface area contributed by atoms with Crippen molar-refractivity contribution in [2.45, 2.75) is 17.5 Å². The van der Waals surface area contributed by atoms with Gasteiger partial charge in [-0.1, -0.05) is 11.6 Å². The molecule has 0 spiro atoms. The summed E-state index contributed by atoms with van der Waals surface area (Å²) >= 11 is 5.53. The number of rotatable bonds is 5. The summed E-state index contributed by atoms with van der Waals surface area (Å²) in [5, 5.41) is 1.34. The first-order valence-electron chi connectivity index (χ1n) is 8.10. The van der Waals surface area contributed by atoms with Crippen molar-refractivity contribution >= 4 is 33.6 Å². The molecule has 0 radical (unpaired) electrons. The number of piperazine rings is 1. The Labute approximate surface area is 164 Å². The topological polar surface area (TPSA) is 113 Å². The fraction of sp³-hybridized carbons (Fsp3) is 0.467. The number of alkyl halides is 3. The number of benzene rings is 1. The summed E-state index contributed by atoms with van der Waals surface area (Å²) in [6.45, 7) is 0.936. The molecule has 8 nitrogen and oxygen atoms in total. The first kappa shape index (κ1) is 22.4. The highest BCUT2D eigenvalue weighted by molar-refractivity contribution is 7.89. The summed E-state index contributed by atoms with van der Waals surface area (Å²) in [6.07, 6.45) is -4.77. The summed E-state index contributed by atoms with van der Waals surface area (Å²) < 4.78 is 65.3. The van der Waals surface area contributed by atoms with Crippen molar-refractivity contribution in [3.63, 3.8) is 0 Å². The minimum atomic E-state index is -4.77. The summed E-state index contributed by atoms with van der Waals surface area (Å²) in [5.74, 6) is -0.552. The Morgan fingerprint density at radius 2 is 1.79 bits per heavy atom. The number of urea groups is 1. The highest BCUT2D eigenvalue weighted by atomic mass is 35.5.